The maximum atomic E-state index is 8.96. The minimum absolute atomic E-state index is 0.210. The van der Waals surface area contributed by atoms with Gasteiger partial charge in [-0.15, -0.1) is 0 Å². The zero-order valence-corrected chi connectivity index (χ0v) is 10.9. The van der Waals surface area contributed by atoms with Crippen LogP contribution >= 0.6 is 0 Å². The molecule has 3 heteroatoms. The summed E-state index contributed by atoms with van der Waals surface area (Å²) in [5.74, 6) is 0.792. The van der Waals surface area contributed by atoms with Gasteiger partial charge in [-0.05, 0) is 31.7 Å². The van der Waals surface area contributed by atoms with Crippen LogP contribution in [-0.2, 0) is 0 Å². The number of rotatable bonds is 6. The molecule has 0 bridgehead atoms. The Balaban J connectivity index is 2.66. The molecule has 0 heterocycles. The normalized spacial score (nSPS) is 30.9. The average Bonchev–Trinajstić information content (AvgIpc) is 2.30. The first-order chi connectivity index (χ1) is 7.68. The number of hydrogen-bond acceptors (Lipinski definition) is 3. The minimum atomic E-state index is 0.210. The van der Waals surface area contributed by atoms with E-state index in [-0.39, 0.29) is 12.1 Å². The van der Waals surface area contributed by atoms with Crippen LogP contribution in [0.3, 0.4) is 0 Å². The van der Waals surface area contributed by atoms with Crippen molar-refractivity contribution in [1.29, 1.82) is 0 Å². The van der Waals surface area contributed by atoms with Crippen molar-refractivity contribution in [2.24, 2.45) is 11.7 Å². The van der Waals surface area contributed by atoms with Crippen molar-refractivity contribution >= 4 is 0 Å². The number of nitrogens with two attached hydrogens (primary N) is 1. The molecule has 2 atom stereocenters. The van der Waals surface area contributed by atoms with Crippen molar-refractivity contribution in [1.82, 2.24) is 4.90 Å². The lowest BCUT2D eigenvalue weighted by Crippen LogP contribution is -2.56. The molecule has 0 aromatic rings. The van der Waals surface area contributed by atoms with Gasteiger partial charge >= 0.3 is 0 Å². The molecular weight excluding hydrogens is 200 g/mol. The third-order valence-corrected chi connectivity index (χ3v) is 4.09. The van der Waals surface area contributed by atoms with E-state index in [2.05, 4.69) is 18.7 Å². The fourth-order valence-electron chi connectivity index (χ4n) is 3.23. The van der Waals surface area contributed by atoms with Crippen LogP contribution in [0.4, 0.5) is 0 Å². The summed E-state index contributed by atoms with van der Waals surface area (Å²) in [5, 5.41) is 8.96. The van der Waals surface area contributed by atoms with Gasteiger partial charge in [-0.25, -0.2) is 0 Å². The van der Waals surface area contributed by atoms with Crippen molar-refractivity contribution < 1.29 is 5.11 Å². The van der Waals surface area contributed by atoms with Gasteiger partial charge in [-0.2, -0.15) is 0 Å². The Morgan fingerprint density at radius 3 is 2.75 bits per heavy atom. The van der Waals surface area contributed by atoms with Crippen molar-refractivity contribution in [3.05, 3.63) is 0 Å². The SMILES string of the molecule is CCN(CCCO)C1(CN)CCCC(C)C1. The maximum absolute atomic E-state index is 8.96. The summed E-state index contributed by atoms with van der Waals surface area (Å²) in [4.78, 5) is 2.50. The number of likely N-dealkylation sites (N-methyl/N-ethyl adjacent to an activating group) is 1. The van der Waals surface area contributed by atoms with Gasteiger partial charge in [-0.3, -0.25) is 4.90 Å². The minimum Gasteiger partial charge on any atom is -0.396 e. The van der Waals surface area contributed by atoms with E-state index in [0.29, 0.717) is 0 Å². The Bertz CT molecular complexity index is 198. The summed E-state index contributed by atoms with van der Waals surface area (Å²) in [7, 11) is 0. The molecule has 0 radical (unpaired) electrons. The summed E-state index contributed by atoms with van der Waals surface area (Å²) >= 11 is 0. The Hall–Kier alpha value is -0.120. The quantitative estimate of drug-likeness (QED) is 0.726. The second-order valence-electron chi connectivity index (χ2n) is 5.29. The van der Waals surface area contributed by atoms with Crippen LogP contribution in [0.15, 0.2) is 0 Å². The van der Waals surface area contributed by atoms with Gasteiger partial charge in [0.15, 0.2) is 0 Å². The summed E-state index contributed by atoms with van der Waals surface area (Å²) in [5.41, 5.74) is 6.25. The molecule has 3 N–H and O–H groups in total. The van der Waals surface area contributed by atoms with Crippen molar-refractivity contribution in [3.8, 4) is 0 Å². The number of aliphatic hydroxyl groups excluding tert-OH is 1. The molecular formula is C13H28N2O. The highest BCUT2D eigenvalue weighted by Gasteiger charge is 2.37. The molecule has 0 aromatic heterocycles. The van der Waals surface area contributed by atoms with Gasteiger partial charge in [-0.1, -0.05) is 26.7 Å². The largest absolute Gasteiger partial charge is 0.396 e. The molecule has 0 aliphatic heterocycles. The smallest absolute Gasteiger partial charge is 0.0443 e. The highest BCUT2D eigenvalue weighted by molar-refractivity contribution is 4.95. The lowest BCUT2D eigenvalue weighted by molar-refractivity contribution is 0.0387. The molecule has 16 heavy (non-hydrogen) atoms. The predicted octanol–water partition coefficient (Wildman–Crippen LogP) is 1.60. The topological polar surface area (TPSA) is 49.5 Å². The zero-order chi connectivity index (χ0) is 12.0. The fraction of sp³-hybridized carbons (Fsp3) is 1.00. The summed E-state index contributed by atoms with van der Waals surface area (Å²) in [6.45, 7) is 7.61. The van der Waals surface area contributed by atoms with Crippen molar-refractivity contribution in [2.75, 3.05) is 26.2 Å². The molecule has 96 valence electrons. The first-order valence-electron chi connectivity index (χ1n) is 6.74. The van der Waals surface area contributed by atoms with Crippen LogP contribution in [0.1, 0.15) is 46.0 Å². The summed E-state index contributed by atoms with van der Waals surface area (Å²) in [6, 6.07) is 0. The molecule has 1 rings (SSSR count). The van der Waals surface area contributed by atoms with E-state index in [0.717, 1.165) is 32.0 Å². The van der Waals surface area contributed by atoms with Gasteiger partial charge in [0.05, 0.1) is 0 Å². The number of hydrogen-bond donors (Lipinski definition) is 2. The van der Waals surface area contributed by atoms with E-state index in [9.17, 15) is 0 Å². The monoisotopic (exact) mass is 228 g/mol. The summed E-state index contributed by atoms with van der Waals surface area (Å²) < 4.78 is 0. The summed E-state index contributed by atoms with van der Waals surface area (Å²) in [6.07, 6.45) is 5.97. The van der Waals surface area contributed by atoms with Crippen LogP contribution < -0.4 is 5.73 Å². The average molecular weight is 228 g/mol. The molecule has 1 saturated carbocycles. The second-order valence-corrected chi connectivity index (χ2v) is 5.29. The van der Waals surface area contributed by atoms with E-state index in [1.54, 1.807) is 0 Å². The molecule has 0 amide bonds. The van der Waals surface area contributed by atoms with Gasteiger partial charge in [0.1, 0.15) is 0 Å². The van der Waals surface area contributed by atoms with Gasteiger partial charge < -0.3 is 10.8 Å². The van der Waals surface area contributed by atoms with Crippen LogP contribution in [0, 0.1) is 5.92 Å². The molecule has 0 aromatic carbocycles. The lowest BCUT2D eigenvalue weighted by atomic mass is 9.75. The highest BCUT2D eigenvalue weighted by Crippen LogP contribution is 2.36. The third-order valence-electron chi connectivity index (χ3n) is 4.09. The predicted molar refractivity (Wildman–Crippen MR) is 68.4 cm³/mol. The van der Waals surface area contributed by atoms with Gasteiger partial charge in [0.2, 0.25) is 0 Å². The number of nitrogens with zero attached hydrogens (tertiary/aromatic N) is 1. The van der Waals surface area contributed by atoms with Crippen LogP contribution in [-0.4, -0.2) is 41.8 Å². The molecule has 2 unspecified atom stereocenters. The van der Waals surface area contributed by atoms with Gasteiger partial charge in [0.25, 0.3) is 0 Å². The van der Waals surface area contributed by atoms with Crippen molar-refractivity contribution in [2.45, 2.75) is 51.5 Å². The Morgan fingerprint density at radius 2 is 2.25 bits per heavy atom. The van der Waals surface area contributed by atoms with E-state index in [1.807, 2.05) is 0 Å². The highest BCUT2D eigenvalue weighted by atomic mass is 16.3. The number of aliphatic hydroxyl groups is 1. The maximum Gasteiger partial charge on any atom is 0.0443 e. The molecule has 0 spiro atoms. The first-order valence-corrected chi connectivity index (χ1v) is 6.74. The van der Waals surface area contributed by atoms with Crippen LogP contribution in [0.2, 0.25) is 0 Å². The fourth-order valence-corrected chi connectivity index (χ4v) is 3.23. The first kappa shape index (κ1) is 13.9. The molecule has 1 fully saturated rings. The van der Waals surface area contributed by atoms with Crippen molar-refractivity contribution in [3.63, 3.8) is 0 Å². The van der Waals surface area contributed by atoms with E-state index >= 15 is 0 Å². The molecule has 1 aliphatic carbocycles. The lowest BCUT2D eigenvalue weighted by Gasteiger charge is -2.47. The van der Waals surface area contributed by atoms with E-state index in [1.165, 1.54) is 25.7 Å². The molecule has 0 saturated heterocycles. The van der Waals surface area contributed by atoms with E-state index in [4.69, 9.17) is 10.8 Å². The van der Waals surface area contributed by atoms with Gasteiger partial charge in [0, 0.05) is 25.2 Å². The Kier molecular flexibility index (Phi) is 5.73. The molecule has 1 aliphatic rings. The zero-order valence-electron chi connectivity index (χ0n) is 10.9. The standard InChI is InChI=1S/C13H28N2O/c1-3-15(8-5-9-16)13(11-14)7-4-6-12(2)10-13/h12,16H,3-11,14H2,1-2H3. The van der Waals surface area contributed by atoms with E-state index < -0.39 is 0 Å². The Morgan fingerprint density at radius 1 is 1.50 bits per heavy atom. The second kappa shape index (κ2) is 6.58. The Labute approximate surface area is 100 Å². The third kappa shape index (κ3) is 3.19. The van der Waals surface area contributed by atoms with Crippen LogP contribution in [0.5, 0.6) is 0 Å². The van der Waals surface area contributed by atoms with Crippen LogP contribution in [0.25, 0.3) is 0 Å². The molecule has 3 nitrogen and oxygen atoms in total.